The summed E-state index contributed by atoms with van der Waals surface area (Å²) in [5.74, 6) is -0.845. The zero-order valence-electron chi connectivity index (χ0n) is 30.1. The van der Waals surface area contributed by atoms with Crippen LogP contribution in [0, 0.1) is 0 Å². The van der Waals surface area contributed by atoms with Crippen molar-refractivity contribution in [3.8, 4) is 23.0 Å². The first-order valence-corrected chi connectivity index (χ1v) is 17.4. The number of phenolic OH excluding ortho intramolecular Hbond substituents is 2. The highest BCUT2D eigenvalue weighted by molar-refractivity contribution is 5.87. The Kier molecular flexibility index (Phi) is 14.7. The minimum absolute atomic E-state index is 0.0765. The van der Waals surface area contributed by atoms with Crippen molar-refractivity contribution in [2.45, 2.75) is 99.4 Å². The lowest BCUT2D eigenvalue weighted by molar-refractivity contribution is -0.362. The van der Waals surface area contributed by atoms with Gasteiger partial charge in [0, 0.05) is 6.08 Å². The molecule has 306 valence electrons. The Morgan fingerprint density at radius 2 is 1.44 bits per heavy atom. The van der Waals surface area contributed by atoms with Crippen LogP contribution in [-0.2, 0) is 44.4 Å². The van der Waals surface area contributed by atoms with Gasteiger partial charge in [-0.15, -0.1) is 0 Å². The van der Waals surface area contributed by atoms with Crippen molar-refractivity contribution in [3.63, 3.8) is 0 Å². The first-order valence-electron chi connectivity index (χ1n) is 17.4. The van der Waals surface area contributed by atoms with E-state index in [1.165, 1.54) is 51.5 Å². The number of benzene rings is 2. The number of hydrogen-bond acceptors (Lipinski definition) is 19. The van der Waals surface area contributed by atoms with Gasteiger partial charge < -0.3 is 88.6 Å². The number of methoxy groups -OCH3 is 2. The van der Waals surface area contributed by atoms with Crippen LogP contribution in [-0.4, -0.2) is 172 Å². The highest BCUT2D eigenvalue weighted by Crippen LogP contribution is 2.33. The number of carbonyl (C=O) groups excluding carboxylic acids is 1. The predicted octanol–water partition coefficient (Wildman–Crippen LogP) is -1.95. The maximum Gasteiger partial charge on any atom is 0.331 e. The molecule has 3 fully saturated rings. The summed E-state index contributed by atoms with van der Waals surface area (Å²) in [6.07, 6.45) is -19.3. The highest BCUT2D eigenvalue weighted by Gasteiger charge is 2.53. The zero-order chi connectivity index (χ0) is 40.0. The van der Waals surface area contributed by atoms with Gasteiger partial charge in [-0.1, -0.05) is 12.1 Å². The molecule has 0 saturated carbocycles. The SMILES string of the molecule is COc1cc(/C=C/C(=O)OC2C(COC3OCC(O)C(O)C3O)OC(OCCc3ccc(O)c(OC)c3)C(O)C2OC2OC(C)C(O)C(O)C2O)ccc1O. The molecule has 55 heavy (non-hydrogen) atoms. The molecule has 0 aliphatic carbocycles. The predicted molar refractivity (Wildman–Crippen MR) is 183 cm³/mol. The summed E-state index contributed by atoms with van der Waals surface area (Å²) in [6.45, 7) is 0.382. The average Bonchev–Trinajstić information content (AvgIpc) is 3.17. The van der Waals surface area contributed by atoms with Crippen LogP contribution >= 0.6 is 0 Å². The molecule has 0 spiro atoms. The van der Waals surface area contributed by atoms with Gasteiger partial charge in [0.1, 0.15) is 54.9 Å². The molecule has 3 aliphatic rings. The van der Waals surface area contributed by atoms with E-state index in [9.17, 15) is 50.8 Å². The fraction of sp³-hybridized carbons (Fsp3) is 0.583. The third-order valence-corrected chi connectivity index (χ3v) is 9.38. The van der Waals surface area contributed by atoms with E-state index < -0.39 is 98.6 Å². The summed E-state index contributed by atoms with van der Waals surface area (Å²) in [5, 5.41) is 93.7. The molecule has 2 aromatic rings. The van der Waals surface area contributed by atoms with Crippen LogP contribution in [0.4, 0.5) is 0 Å². The molecule has 3 saturated heterocycles. The van der Waals surface area contributed by atoms with Gasteiger partial charge >= 0.3 is 5.97 Å². The molecule has 5 rings (SSSR count). The average molecular weight is 785 g/mol. The van der Waals surface area contributed by atoms with E-state index in [-0.39, 0.29) is 42.6 Å². The molecule has 9 N–H and O–H groups in total. The molecule has 14 unspecified atom stereocenters. The maximum absolute atomic E-state index is 13.4. The molecule has 3 aliphatic heterocycles. The third kappa shape index (κ3) is 10.2. The lowest BCUT2D eigenvalue weighted by atomic mass is 9.96. The summed E-state index contributed by atoms with van der Waals surface area (Å²) >= 11 is 0. The second-order valence-electron chi connectivity index (χ2n) is 13.2. The number of aliphatic hydroxyl groups excluding tert-OH is 7. The first kappa shape index (κ1) is 42.5. The standard InChI is InChI=1S/C36H48O19/c1-16-26(41)28(43)30(45)36(52-16)55-33-31(46)35(49-11-10-18-5-8-20(38)23(13-18)48-3)53-24(15-51-34-29(44)27(42)21(39)14-50-34)32(33)54-25(40)9-6-17-4-7-19(37)22(12-17)47-2/h4-9,12-13,16,21,24,26-39,41-46H,10-11,14-15H2,1-3H3/b9-6+. The molecule has 19 nitrogen and oxygen atoms in total. The molecule has 3 heterocycles. The Balaban J connectivity index is 1.42. The molecular weight excluding hydrogens is 736 g/mol. The molecule has 0 aromatic heterocycles. The number of esters is 1. The molecule has 2 aromatic carbocycles. The van der Waals surface area contributed by atoms with Crippen molar-refractivity contribution in [1.29, 1.82) is 0 Å². The van der Waals surface area contributed by atoms with E-state index in [0.29, 0.717) is 11.1 Å². The monoisotopic (exact) mass is 784 g/mol. The van der Waals surface area contributed by atoms with Crippen LogP contribution in [0.3, 0.4) is 0 Å². The lowest BCUT2D eigenvalue weighted by Crippen LogP contribution is -2.65. The Hall–Kier alpha value is -3.67. The van der Waals surface area contributed by atoms with E-state index in [0.717, 1.165) is 6.08 Å². The number of carbonyl (C=O) groups is 1. The van der Waals surface area contributed by atoms with Gasteiger partial charge in [0.25, 0.3) is 0 Å². The summed E-state index contributed by atoms with van der Waals surface area (Å²) in [4.78, 5) is 13.4. The van der Waals surface area contributed by atoms with Gasteiger partial charge in [0.05, 0.1) is 40.1 Å². The smallest absolute Gasteiger partial charge is 0.331 e. The van der Waals surface area contributed by atoms with Crippen LogP contribution in [0.2, 0.25) is 0 Å². The van der Waals surface area contributed by atoms with E-state index in [4.69, 9.17) is 42.6 Å². The number of rotatable bonds is 14. The Bertz CT molecular complexity index is 1590. The van der Waals surface area contributed by atoms with E-state index in [1.807, 2.05) is 0 Å². The Morgan fingerprint density at radius 3 is 2.15 bits per heavy atom. The quantitative estimate of drug-likeness (QED) is 0.0744. The number of aliphatic hydroxyl groups is 7. The second-order valence-corrected chi connectivity index (χ2v) is 13.2. The molecule has 0 bridgehead atoms. The molecule has 19 heteroatoms. The number of hydrogen-bond donors (Lipinski definition) is 9. The normalized spacial score (nSPS) is 35.4. The van der Waals surface area contributed by atoms with Crippen molar-refractivity contribution in [2.75, 3.05) is 34.0 Å². The van der Waals surface area contributed by atoms with Crippen LogP contribution in [0.1, 0.15) is 18.1 Å². The maximum atomic E-state index is 13.4. The van der Waals surface area contributed by atoms with E-state index in [1.54, 1.807) is 12.1 Å². The van der Waals surface area contributed by atoms with Crippen molar-refractivity contribution >= 4 is 12.0 Å². The Morgan fingerprint density at radius 1 is 0.764 bits per heavy atom. The first-order chi connectivity index (χ1) is 26.2. The summed E-state index contributed by atoms with van der Waals surface area (Å²) in [7, 11) is 2.74. The van der Waals surface area contributed by atoms with Gasteiger partial charge in [-0.2, -0.15) is 0 Å². The summed E-state index contributed by atoms with van der Waals surface area (Å²) in [5.41, 5.74) is 1.12. The second kappa shape index (κ2) is 19.0. The number of aromatic hydroxyl groups is 2. The van der Waals surface area contributed by atoms with Crippen LogP contribution in [0.25, 0.3) is 6.08 Å². The molecule has 0 amide bonds. The van der Waals surface area contributed by atoms with Crippen LogP contribution in [0.5, 0.6) is 23.0 Å². The minimum atomic E-state index is -1.83. The van der Waals surface area contributed by atoms with Crippen molar-refractivity contribution < 1.29 is 93.4 Å². The van der Waals surface area contributed by atoms with Crippen LogP contribution in [0.15, 0.2) is 42.5 Å². The topological polar surface area (TPSA) is 282 Å². The highest BCUT2D eigenvalue weighted by atomic mass is 16.8. The summed E-state index contributed by atoms with van der Waals surface area (Å²) < 4.78 is 50.8. The minimum Gasteiger partial charge on any atom is -0.504 e. The number of ether oxygens (including phenoxy) is 9. The fourth-order valence-corrected chi connectivity index (χ4v) is 6.17. The van der Waals surface area contributed by atoms with Crippen molar-refractivity contribution in [2.24, 2.45) is 0 Å². The van der Waals surface area contributed by atoms with Crippen molar-refractivity contribution in [1.82, 2.24) is 0 Å². The van der Waals surface area contributed by atoms with E-state index in [2.05, 4.69) is 0 Å². The van der Waals surface area contributed by atoms with Gasteiger partial charge in [-0.3, -0.25) is 0 Å². The van der Waals surface area contributed by atoms with Gasteiger partial charge in [0.2, 0.25) is 0 Å². The van der Waals surface area contributed by atoms with Gasteiger partial charge in [0.15, 0.2) is 48.0 Å². The van der Waals surface area contributed by atoms with Crippen molar-refractivity contribution in [3.05, 3.63) is 53.6 Å². The lowest BCUT2D eigenvalue weighted by Gasteiger charge is -2.47. The third-order valence-electron chi connectivity index (χ3n) is 9.38. The zero-order valence-corrected chi connectivity index (χ0v) is 30.1. The fourth-order valence-electron chi connectivity index (χ4n) is 6.17. The summed E-state index contributed by atoms with van der Waals surface area (Å²) in [6, 6.07) is 8.95. The van der Waals surface area contributed by atoms with Crippen LogP contribution < -0.4 is 9.47 Å². The van der Waals surface area contributed by atoms with E-state index >= 15 is 0 Å². The van der Waals surface area contributed by atoms with Gasteiger partial charge in [-0.25, -0.2) is 4.79 Å². The molecule has 0 radical (unpaired) electrons. The largest absolute Gasteiger partial charge is 0.504 e. The molecular formula is C36H48O19. The van der Waals surface area contributed by atoms with Gasteiger partial charge in [-0.05, 0) is 54.8 Å². The number of phenols is 2. The molecule has 14 atom stereocenters. The Labute approximate surface area is 315 Å².